The predicted octanol–water partition coefficient (Wildman–Crippen LogP) is 5.58. The zero-order valence-electron chi connectivity index (χ0n) is 20.9. The number of methoxy groups -OCH3 is 1. The summed E-state index contributed by atoms with van der Waals surface area (Å²) in [5, 5.41) is 0. The van der Waals surface area contributed by atoms with E-state index in [4.69, 9.17) is 14.2 Å². The van der Waals surface area contributed by atoms with E-state index in [1.54, 1.807) is 4.90 Å². The number of nitrogens with zero attached hydrogens (tertiary/aromatic N) is 1. The fourth-order valence-electron chi connectivity index (χ4n) is 6.19. The first kappa shape index (κ1) is 24.6. The van der Waals surface area contributed by atoms with Gasteiger partial charge >= 0.3 is 6.09 Å². The summed E-state index contributed by atoms with van der Waals surface area (Å²) in [5.41, 5.74) is 4.64. The van der Waals surface area contributed by atoms with Gasteiger partial charge in [0.2, 0.25) is 5.82 Å². The van der Waals surface area contributed by atoms with E-state index in [0.29, 0.717) is 12.8 Å². The molecule has 196 valence electrons. The highest BCUT2D eigenvalue weighted by molar-refractivity contribution is 5.98. The number of piperidine rings is 1. The fraction of sp³-hybridized carbons (Fsp3) is 0.333. The summed E-state index contributed by atoms with van der Waals surface area (Å²) in [6, 6.07) is 17.7. The van der Waals surface area contributed by atoms with Crippen molar-refractivity contribution in [2.24, 2.45) is 5.92 Å². The number of benzene rings is 3. The van der Waals surface area contributed by atoms with Crippen molar-refractivity contribution in [2.75, 3.05) is 26.9 Å². The van der Waals surface area contributed by atoms with Gasteiger partial charge in [0.1, 0.15) is 6.61 Å². The van der Waals surface area contributed by atoms with Gasteiger partial charge in [0, 0.05) is 17.4 Å². The number of fused-ring (bicyclic) bond motifs is 5. The number of hydrogen-bond donors (Lipinski definition) is 0. The maximum absolute atomic E-state index is 14.1. The highest BCUT2D eigenvalue weighted by Gasteiger charge is 2.45. The van der Waals surface area contributed by atoms with Crippen molar-refractivity contribution in [1.82, 2.24) is 4.90 Å². The SMILES string of the molecule is COc1cc(C(=O)C2CC3COCC(C2)N3C(=O)OCC2c3ccccc3-c3ccccc32)cc(F)c1F. The Morgan fingerprint density at radius 3 is 2.16 bits per heavy atom. The molecule has 2 unspecified atom stereocenters. The van der Waals surface area contributed by atoms with Gasteiger partial charge in [-0.15, -0.1) is 0 Å². The van der Waals surface area contributed by atoms with Gasteiger partial charge in [0.25, 0.3) is 0 Å². The number of carbonyl (C=O) groups excluding carboxylic acids is 2. The predicted molar refractivity (Wildman–Crippen MR) is 135 cm³/mol. The summed E-state index contributed by atoms with van der Waals surface area (Å²) in [4.78, 5) is 28.3. The van der Waals surface area contributed by atoms with Crippen LogP contribution >= 0.6 is 0 Å². The van der Waals surface area contributed by atoms with Crippen molar-refractivity contribution in [2.45, 2.75) is 30.8 Å². The molecule has 2 heterocycles. The van der Waals surface area contributed by atoms with Crippen LogP contribution in [0.5, 0.6) is 5.75 Å². The second-order valence-corrected chi connectivity index (χ2v) is 10.1. The first-order valence-electron chi connectivity index (χ1n) is 12.7. The van der Waals surface area contributed by atoms with Gasteiger partial charge in [0.05, 0.1) is 32.4 Å². The highest BCUT2D eigenvalue weighted by Crippen LogP contribution is 2.45. The van der Waals surface area contributed by atoms with Crippen molar-refractivity contribution in [3.8, 4) is 16.9 Å². The Hall–Kier alpha value is -3.78. The normalized spacial score (nSPS) is 22.0. The summed E-state index contributed by atoms with van der Waals surface area (Å²) in [6.45, 7) is 0.776. The van der Waals surface area contributed by atoms with Gasteiger partial charge in [-0.25, -0.2) is 9.18 Å². The van der Waals surface area contributed by atoms with Crippen LogP contribution in [0.2, 0.25) is 0 Å². The third-order valence-electron chi connectivity index (χ3n) is 7.94. The molecule has 6 rings (SSSR count). The summed E-state index contributed by atoms with van der Waals surface area (Å²) in [7, 11) is 1.22. The molecule has 2 bridgehead atoms. The Kier molecular flexibility index (Phi) is 6.35. The van der Waals surface area contributed by atoms with E-state index < -0.39 is 23.6 Å². The van der Waals surface area contributed by atoms with Gasteiger partial charge in [-0.3, -0.25) is 9.69 Å². The molecule has 0 N–H and O–H groups in total. The highest BCUT2D eigenvalue weighted by atomic mass is 19.2. The lowest BCUT2D eigenvalue weighted by molar-refractivity contribution is -0.0747. The van der Waals surface area contributed by atoms with E-state index in [0.717, 1.165) is 28.3 Å². The number of halogens is 2. The molecule has 6 nitrogen and oxygen atoms in total. The molecule has 1 amide bonds. The smallest absolute Gasteiger partial charge is 0.410 e. The Balaban J connectivity index is 1.17. The van der Waals surface area contributed by atoms with Gasteiger partial charge in [-0.05, 0) is 47.2 Å². The maximum atomic E-state index is 14.1. The van der Waals surface area contributed by atoms with Gasteiger partial charge < -0.3 is 14.2 Å². The zero-order chi connectivity index (χ0) is 26.4. The van der Waals surface area contributed by atoms with Crippen LogP contribution in [-0.2, 0) is 9.47 Å². The lowest BCUT2D eigenvalue weighted by Crippen LogP contribution is -2.60. The third-order valence-corrected chi connectivity index (χ3v) is 7.94. The number of ether oxygens (including phenoxy) is 3. The molecule has 2 aliphatic heterocycles. The summed E-state index contributed by atoms with van der Waals surface area (Å²) >= 11 is 0. The molecule has 1 aliphatic carbocycles. The third kappa shape index (κ3) is 4.13. The zero-order valence-corrected chi connectivity index (χ0v) is 20.9. The molecule has 0 spiro atoms. The quantitative estimate of drug-likeness (QED) is 0.412. The van der Waals surface area contributed by atoms with Crippen molar-refractivity contribution in [1.29, 1.82) is 0 Å². The first-order valence-corrected chi connectivity index (χ1v) is 12.7. The Morgan fingerprint density at radius 1 is 0.947 bits per heavy atom. The van der Waals surface area contributed by atoms with Crippen LogP contribution in [0.15, 0.2) is 60.7 Å². The van der Waals surface area contributed by atoms with Crippen LogP contribution in [0.3, 0.4) is 0 Å². The average Bonchev–Trinajstić information content (AvgIpc) is 3.25. The van der Waals surface area contributed by atoms with Gasteiger partial charge in [-0.1, -0.05) is 48.5 Å². The van der Waals surface area contributed by atoms with E-state index in [1.807, 2.05) is 24.3 Å². The van der Waals surface area contributed by atoms with Crippen LogP contribution < -0.4 is 4.74 Å². The molecule has 8 heteroatoms. The van der Waals surface area contributed by atoms with Crippen molar-refractivity contribution in [3.63, 3.8) is 0 Å². The van der Waals surface area contributed by atoms with Crippen LogP contribution in [0, 0.1) is 17.6 Å². The lowest BCUT2D eigenvalue weighted by Gasteiger charge is -2.47. The Labute approximate surface area is 219 Å². The average molecular weight is 520 g/mol. The molecule has 3 aromatic rings. The van der Waals surface area contributed by atoms with Crippen molar-refractivity contribution < 1.29 is 32.6 Å². The summed E-state index contributed by atoms with van der Waals surface area (Å²) in [6.07, 6.45) is 0.271. The molecule has 2 fully saturated rings. The minimum atomic E-state index is -1.13. The fourth-order valence-corrected chi connectivity index (χ4v) is 6.19. The molecule has 3 aliphatic rings. The lowest BCUT2D eigenvalue weighted by atomic mass is 9.81. The molecule has 0 aromatic heterocycles. The second-order valence-electron chi connectivity index (χ2n) is 10.1. The van der Waals surface area contributed by atoms with Gasteiger partial charge in [0.15, 0.2) is 17.3 Å². The molecular formula is C30H27F2NO5. The Bertz CT molecular complexity index is 1350. The first-order chi connectivity index (χ1) is 18.5. The molecule has 2 atom stereocenters. The Morgan fingerprint density at radius 2 is 1.55 bits per heavy atom. The van der Waals surface area contributed by atoms with Crippen LogP contribution in [0.1, 0.15) is 40.2 Å². The summed E-state index contributed by atoms with van der Waals surface area (Å²) < 4.78 is 44.4. The van der Waals surface area contributed by atoms with Crippen LogP contribution in [0.4, 0.5) is 13.6 Å². The molecular weight excluding hydrogens is 492 g/mol. The van der Waals surface area contributed by atoms with E-state index in [2.05, 4.69) is 24.3 Å². The molecule has 0 radical (unpaired) electrons. The van der Waals surface area contributed by atoms with Crippen LogP contribution in [-0.4, -0.2) is 55.8 Å². The van der Waals surface area contributed by atoms with E-state index in [9.17, 15) is 18.4 Å². The number of amides is 1. The maximum Gasteiger partial charge on any atom is 0.410 e. The van der Waals surface area contributed by atoms with Gasteiger partial charge in [-0.2, -0.15) is 4.39 Å². The minimum Gasteiger partial charge on any atom is -0.494 e. The van der Waals surface area contributed by atoms with Crippen molar-refractivity contribution >= 4 is 11.9 Å². The molecule has 2 saturated heterocycles. The number of ketones is 1. The number of morpholine rings is 1. The number of rotatable bonds is 5. The monoisotopic (exact) mass is 519 g/mol. The standard InChI is InChI=1S/C30H27F2NO5/c1-36-27-13-18(12-26(31)28(27)32)29(34)17-10-19-14-37-15-20(11-17)33(19)30(35)38-16-25-23-8-4-2-6-21(23)22-7-3-5-9-24(22)25/h2-9,12-13,17,19-20,25H,10-11,14-16H2,1H3. The molecule has 3 aromatic carbocycles. The van der Waals surface area contributed by atoms with E-state index >= 15 is 0 Å². The number of carbonyl (C=O) groups is 2. The number of hydrogen-bond acceptors (Lipinski definition) is 5. The van der Waals surface area contributed by atoms with Crippen molar-refractivity contribution in [3.05, 3.63) is 89.0 Å². The largest absolute Gasteiger partial charge is 0.494 e. The number of Topliss-reactive ketones (excluding diaryl/α,β-unsaturated/α-hetero) is 1. The van der Waals surface area contributed by atoms with Crippen LogP contribution in [0.25, 0.3) is 11.1 Å². The van der Waals surface area contributed by atoms with E-state index in [-0.39, 0.29) is 54.9 Å². The topological polar surface area (TPSA) is 65.1 Å². The molecule has 0 saturated carbocycles. The molecule has 38 heavy (non-hydrogen) atoms. The van der Waals surface area contributed by atoms with E-state index in [1.165, 1.54) is 13.2 Å². The minimum absolute atomic E-state index is 0.0510. The summed E-state index contributed by atoms with van der Waals surface area (Å²) in [5.74, 6) is -3.38. The second kappa shape index (κ2) is 9.83.